The molecule has 1 unspecified atom stereocenters. The minimum absolute atomic E-state index is 0.0468. The van der Waals surface area contributed by atoms with Crippen molar-refractivity contribution in [1.82, 2.24) is 24.9 Å². The Balaban J connectivity index is 1.42. The van der Waals surface area contributed by atoms with E-state index in [1.165, 1.54) is 12.8 Å². The van der Waals surface area contributed by atoms with E-state index in [2.05, 4.69) is 46.3 Å². The van der Waals surface area contributed by atoms with Crippen molar-refractivity contribution >= 4 is 16.8 Å². The van der Waals surface area contributed by atoms with Gasteiger partial charge in [0.25, 0.3) is 5.56 Å². The Morgan fingerprint density at radius 1 is 1.20 bits per heavy atom. The second-order valence-corrected chi connectivity index (χ2v) is 8.99. The zero-order chi connectivity index (χ0) is 21.1. The molecule has 1 saturated heterocycles. The summed E-state index contributed by atoms with van der Waals surface area (Å²) in [5.74, 6) is 0.679. The number of piperidine rings is 1. The topological polar surface area (TPSA) is 89.1 Å². The fraction of sp³-hybridized carbons (Fsp3) is 0.545. The van der Waals surface area contributed by atoms with Gasteiger partial charge in [0.2, 0.25) is 0 Å². The van der Waals surface area contributed by atoms with E-state index in [4.69, 9.17) is 4.42 Å². The van der Waals surface area contributed by atoms with Crippen molar-refractivity contribution in [2.75, 3.05) is 25.0 Å². The van der Waals surface area contributed by atoms with Crippen molar-refractivity contribution in [2.24, 2.45) is 0 Å². The number of rotatable bonds is 6. The van der Waals surface area contributed by atoms with Crippen LogP contribution in [-0.2, 0) is 12.0 Å². The van der Waals surface area contributed by atoms with E-state index in [9.17, 15) is 4.79 Å². The molecule has 3 aromatic heterocycles. The van der Waals surface area contributed by atoms with Crippen LogP contribution in [-0.4, -0.2) is 50.6 Å². The number of hydrogen-bond donors (Lipinski definition) is 1. The molecule has 1 aliphatic rings. The van der Waals surface area contributed by atoms with Gasteiger partial charge in [0.1, 0.15) is 0 Å². The number of fused-ring (bicyclic) bond motifs is 1. The van der Waals surface area contributed by atoms with Crippen LogP contribution in [0.5, 0.6) is 0 Å². The Labute approximate surface area is 176 Å². The van der Waals surface area contributed by atoms with Crippen molar-refractivity contribution in [1.29, 1.82) is 0 Å². The molecular weight excluding hydrogens is 380 g/mol. The van der Waals surface area contributed by atoms with Gasteiger partial charge in [0.05, 0.1) is 24.7 Å². The number of hydrogen-bond acceptors (Lipinski definition) is 7. The highest BCUT2D eigenvalue weighted by Gasteiger charge is 2.23. The molecule has 1 N–H and O–H groups in total. The third-order valence-electron chi connectivity index (χ3n) is 5.75. The molecule has 4 heterocycles. The smallest absolute Gasteiger partial charge is 0.266 e. The molecule has 0 radical (unpaired) electrons. The van der Waals surface area contributed by atoms with Gasteiger partial charge in [-0.05, 0) is 31.5 Å². The SMILES string of the molecule is CC(C)(C)c1ccc(=O)n(CCN2CCCCC2CNc2nncc3ccoc23)n1. The summed E-state index contributed by atoms with van der Waals surface area (Å²) < 4.78 is 7.15. The lowest BCUT2D eigenvalue weighted by atomic mass is 9.92. The monoisotopic (exact) mass is 410 g/mol. The zero-order valence-electron chi connectivity index (χ0n) is 18.0. The molecule has 0 spiro atoms. The first kappa shape index (κ1) is 20.5. The molecular formula is C22H30N6O2. The molecule has 0 bridgehead atoms. The first-order chi connectivity index (χ1) is 14.4. The quantitative estimate of drug-likeness (QED) is 0.668. The number of aromatic nitrogens is 4. The average Bonchev–Trinajstić information content (AvgIpc) is 3.21. The standard InChI is InChI=1S/C22H30N6O2/c1-22(2,3)18-7-8-19(29)28(26-18)12-11-27-10-5-4-6-17(27)15-23-21-20-16(9-13-30-20)14-24-25-21/h7-9,13-14,17H,4-6,10-12,15H2,1-3H3,(H,23,25). The third-order valence-corrected chi connectivity index (χ3v) is 5.75. The molecule has 0 amide bonds. The number of furan rings is 1. The fourth-order valence-electron chi connectivity index (χ4n) is 3.96. The highest BCUT2D eigenvalue weighted by molar-refractivity contribution is 5.85. The van der Waals surface area contributed by atoms with E-state index in [0.29, 0.717) is 18.4 Å². The molecule has 8 heteroatoms. The van der Waals surface area contributed by atoms with Crippen LogP contribution < -0.4 is 10.9 Å². The van der Waals surface area contributed by atoms with Crippen LogP contribution in [0, 0.1) is 0 Å². The van der Waals surface area contributed by atoms with Crippen LogP contribution in [0.15, 0.2) is 39.9 Å². The van der Waals surface area contributed by atoms with E-state index in [-0.39, 0.29) is 11.0 Å². The highest BCUT2D eigenvalue weighted by atomic mass is 16.3. The van der Waals surface area contributed by atoms with Crippen LogP contribution in [0.1, 0.15) is 45.7 Å². The highest BCUT2D eigenvalue weighted by Crippen LogP contribution is 2.23. The van der Waals surface area contributed by atoms with E-state index in [1.807, 2.05) is 12.1 Å². The summed E-state index contributed by atoms with van der Waals surface area (Å²) >= 11 is 0. The Hall–Kier alpha value is -2.74. The molecule has 0 aliphatic carbocycles. The van der Waals surface area contributed by atoms with Gasteiger partial charge >= 0.3 is 0 Å². The molecule has 0 aromatic carbocycles. The van der Waals surface area contributed by atoms with Crippen LogP contribution in [0.25, 0.3) is 11.0 Å². The predicted octanol–water partition coefficient (Wildman–Crippen LogP) is 3.04. The second kappa shape index (κ2) is 8.55. The fourth-order valence-corrected chi connectivity index (χ4v) is 3.96. The van der Waals surface area contributed by atoms with Gasteiger partial charge in [-0.15, -0.1) is 5.10 Å². The summed E-state index contributed by atoms with van der Waals surface area (Å²) in [6, 6.07) is 5.72. The van der Waals surface area contributed by atoms with Crippen LogP contribution >= 0.6 is 0 Å². The van der Waals surface area contributed by atoms with Gasteiger partial charge < -0.3 is 9.73 Å². The maximum absolute atomic E-state index is 12.3. The Kier molecular flexibility index (Phi) is 5.85. The van der Waals surface area contributed by atoms with Gasteiger partial charge in [-0.3, -0.25) is 9.69 Å². The van der Waals surface area contributed by atoms with Crippen LogP contribution in [0.3, 0.4) is 0 Å². The minimum Gasteiger partial charge on any atom is -0.460 e. The first-order valence-electron chi connectivity index (χ1n) is 10.7. The maximum atomic E-state index is 12.3. The molecule has 160 valence electrons. The van der Waals surface area contributed by atoms with Crippen molar-refractivity contribution in [3.63, 3.8) is 0 Å². The minimum atomic E-state index is -0.0824. The Morgan fingerprint density at radius 2 is 2.07 bits per heavy atom. The number of likely N-dealkylation sites (tertiary alicyclic amines) is 1. The maximum Gasteiger partial charge on any atom is 0.266 e. The summed E-state index contributed by atoms with van der Waals surface area (Å²) in [6.45, 7) is 9.50. The van der Waals surface area contributed by atoms with Crippen molar-refractivity contribution in [3.05, 3.63) is 46.7 Å². The third kappa shape index (κ3) is 4.53. The normalized spacial score (nSPS) is 18.0. The van der Waals surface area contributed by atoms with Gasteiger partial charge in [-0.2, -0.15) is 10.2 Å². The number of nitrogens with zero attached hydrogens (tertiary/aromatic N) is 5. The predicted molar refractivity (Wildman–Crippen MR) is 117 cm³/mol. The van der Waals surface area contributed by atoms with E-state index >= 15 is 0 Å². The van der Waals surface area contributed by atoms with Gasteiger partial charge in [-0.25, -0.2) is 4.68 Å². The lowest BCUT2D eigenvalue weighted by Gasteiger charge is -2.35. The first-order valence-corrected chi connectivity index (χ1v) is 10.7. The lowest BCUT2D eigenvalue weighted by Crippen LogP contribution is -2.45. The molecule has 1 atom stereocenters. The van der Waals surface area contributed by atoms with Crippen LogP contribution in [0.4, 0.5) is 5.82 Å². The summed E-state index contributed by atoms with van der Waals surface area (Å²) in [4.78, 5) is 14.8. The van der Waals surface area contributed by atoms with Gasteiger partial charge in [0.15, 0.2) is 11.4 Å². The number of anilines is 1. The summed E-state index contributed by atoms with van der Waals surface area (Å²) in [6.07, 6.45) is 6.85. The summed E-state index contributed by atoms with van der Waals surface area (Å²) in [5.41, 5.74) is 1.54. The Bertz CT molecular complexity index is 1050. The van der Waals surface area contributed by atoms with Gasteiger partial charge in [-0.1, -0.05) is 27.2 Å². The van der Waals surface area contributed by atoms with Crippen LogP contribution in [0.2, 0.25) is 0 Å². The van der Waals surface area contributed by atoms with Gasteiger partial charge in [0, 0.05) is 36.0 Å². The average molecular weight is 411 g/mol. The molecule has 4 rings (SSSR count). The zero-order valence-corrected chi connectivity index (χ0v) is 18.0. The molecule has 1 aliphatic heterocycles. The largest absolute Gasteiger partial charge is 0.460 e. The van der Waals surface area contributed by atoms with Crippen molar-refractivity contribution < 1.29 is 4.42 Å². The van der Waals surface area contributed by atoms with Crippen molar-refractivity contribution in [2.45, 2.75) is 58.0 Å². The van der Waals surface area contributed by atoms with E-state index in [1.54, 1.807) is 23.2 Å². The molecule has 0 saturated carbocycles. The van der Waals surface area contributed by atoms with E-state index in [0.717, 1.165) is 42.7 Å². The summed E-state index contributed by atoms with van der Waals surface area (Å²) in [5, 5.41) is 17.2. The van der Waals surface area contributed by atoms with Crippen molar-refractivity contribution in [3.8, 4) is 0 Å². The summed E-state index contributed by atoms with van der Waals surface area (Å²) in [7, 11) is 0. The number of nitrogens with one attached hydrogen (secondary N) is 1. The molecule has 3 aromatic rings. The molecule has 1 fully saturated rings. The lowest BCUT2D eigenvalue weighted by molar-refractivity contribution is 0.147. The Morgan fingerprint density at radius 3 is 2.90 bits per heavy atom. The van der Waals surface area contributed by atoms with E-state index < -0.39 is 0 Å². The second-order valence-electron chi connectivity index (χ2n) is 8.99. The molecule has 8 nitrogen and oxygen atoms in total. The molecule has 30 heavy (non-hydrogen) atoms.